The minimum absolute atomic E-state index is 0.0884. The van der Waals surface area contributed by atoms with Crippen LogP contribution in [0.25, 0.3) is 0 Å². The summed E-state index contributed by atoms with van der Waals surface area (Å²) in [5.74, 6) is -5.00. The van der Waals surface area contributed by atoms with E-state index in [1.54, 1.807) is 6.92 Å². The molecule has 0 spiro atoms. The lowest BCUT2D eigenvalue weighted by Crippen LogP contribution is -2.30. The molecule has 0 heterocycles. The summed E-state index contributed by atoms with van der Waals surface area (Å²) in [5, 5.41) is 0. The molecule has 0 N–H and O–H groups in total. The van der Waals surface area contributed by atoms with Crippen molar-refractivity contribution in [2.45, 2.75) is 38.0 Å². The minimum atomic E-state index is -2.72. The van der Waals surface area contributed by atoms with E-state index in [2.05, 4.69) is 0 Å². The molecule has 0 saturated heterocycles. The average molecular weight is 276 g/mol. The quantitative estimate of drug-likeness (QED) is 0.722. The normalized spacial score (nSPS) is 26.2. The zero-order valence-electron chi connectivity index (χ0n) is 10.9. The molecule has 0 amide bonds. The molecule has 5 heteroatoms. The molecule has 1 saturated carbocycles. The van der Waals surface area contributed by atoms with Crippen molar-refractivity contribution in [2.75, 3.05) is 7.11 Å². The Morgan fingerprint density at radius 1 is 1.21 bits per heavy atom. The minimum Gasteiger partial charge on any atom is -0.493 e. The van der Waals surface area contributed by atoms with Crippen molar-refractivity contribution in [3.63, 3.8) is 0 Å². The Balaban J connectivity index is 2.40. The van der Waals surface area contributed by atoms with Crippen molar-refractivity contribution in [1.29, 1.82) is 0 Å². The van der Waals surface area contributed by atoms with Gasteiger partial charge in [-0.3, -0.25) is 0 Å². The largest absolute Gasteiger partial charge is 0.493 e. The molecular formula is C14H16F4O. The van der Waals surface area contributed by atoms with Crippen LogP contribution >= 0.6 is 0 Å². The maximum Gasteiger partial charge on any atom is 0.248 e. The van der Waals surface area contributed by atoms with Crippen LogP contribution in [-0.2, 0) is 0 Å². The first-order chi connectivity index (χ1) is 8.85. The fourth-order valence-corrected chi connectivity index (χ4v) is 2.90. The smallest absolute Gasteiger partial charge is 0.248 e. The predicted octanol–water partition coefficient (Wildman–Crippen LogP) is 4.51. The van der Waals surface area contributed by atoms with Crippen LogP contribution in [-0.4, -0.2) is 13.0 Å². The molecule has 1 aliphatic rings. The predicted molar refractivity (Wildman–Crippen MR) is 63.6 cm³/mol. The molecular weight excluding hydrogens is 260 g/mol. The Bertz CT molecular complexity index is 473. The summed E-state index contributed by atoms with van der Waals surface area (Å²) in [5.41, 5.74) is 0.0884. The molecule has 1 aromatic carbocycles. The Labute approximate surface area is 109 Å². The van der Waals surface area contributed by atoms with Crippen molar-refractivity contribution in [3.8, 4) is 5.75 Å². The van der Waals surface area contributed by atoms with Crippen LogP contribution in [0, 0.1) is 17.6 Å². The van der Waals surface area contributed by atoms with Gasteiger partial charge in [0.2, 0.25) is 5.92 Å². The maximum atomic E-state index is 13.9. The molecule has 0 bridgehead atoms. The molecule has 1 aliphatic carbocycles. The van der Waals surface area contributed by atoms with E-state index in [9.17, 15) is 17.6 Å². The second-order valence-corrected chi connectivity index (χ2v) is 5.16. The van der Waals surface area contributed by atoms with Gasteiger partial charge >= 0.3 is 0 Å². The molecule has 0 aromatic heterocycles. The van der Waals surface area contributed by atoms with Crippen LogP contribution in [0.3, 0.4) is 0 Å². The lowest BCUT2D eigenvalue weighted by molar-refractivity contribution is -0.0560. The Hall–Kier alpha value is -1.26. The van der Waals surface area contributed by atoms with Crippen molar-refractivity contribution in [1.82, 2.24) is 0 Å². The number of rotatable bonds is 2. The maximum absolute atomic E-state index is 13.9. The summed E-state index contributed by atoms with van der Waals surface area (Å²) >= 11 is 0. The van der Waals surface area contributed by atoms with Crippen LogP contribution in [0.2, 0.25) is 0 Å². The molecule has 1 fully saturated rings. The topological polar surface area (TPSA) is 9.23 Å². The Kier molecular flexibility index (Phi) is 3.74. The van der Waals surface area contributed by atoms with Gasteiger partial charge in [-0.1, -0.05) is 6.92 Å². The summed E-state index contributed by atoms with van der Waals surface area (Å²) < 4.78 is 59.1. The Morgan fingerprint density at radius 3 is 2.42 bits per heavy atom. The van der Waals surface area contributed by atoms with Crippen LogP contribution < -0.4 is 4.74 Å². The van der Waals surface area contributed by atoms with Crippen LogP contribution in [0.15, 0.2) is 12.1 Å². The number of ether oxygens (including phenoxy) is 1. The summed E-state index contributed by atoms with van der Waals surface area (Å²) in [6.07, 6.45) is -0.483. The SMILES string of the molecule is COc1c(F)ccc(F)c1[C@@H]1CCC(F)(F)CC1C. The van der Waals surface area contributed by atoms with E-state index in [1.807, 2.05) is 0 Å². The Morgan fingerprint density at radius 2 is 1.84 bits per heavy atom. The lowest BCUT2D eigenvalue weighted by Gasteiger charge is -2.35. The van der Waals surface area contributed by atoms with Gasteiger partial charge in [-0.05, 0) is 30.4 Å². The third-order valence-corrected chi connectivity index (χ3v) is 3.80. The van der Waals surface area contributed by atoms with Crippen LogP contribution in [0.1, 0.15) is 37.7 Å². The zero-order chi connectivity index (χ0) is 14.2. The van der Waals surface area contributed by atoms with Gasteiger partial charge in [0.25, 0.3) is 0 Å². The highest BCUT2D eigenvalue weighted by Gasteiger charge is 2.41. The number of alkyl halides is 2. The molecule has 106 valence electrons. The molecule has 0 radical (unpaired) electrons. The first-order valence-electron chi connectivity index (χ1n) is 6.25. The van der Waals surface area contributed by atoms with E-state index in [1.165, 1.54) is 7.11 Å². The summed E-state index contributed by atoms with van der Waals surface area (Å²) in [6.45, 7) is 1.64. The van der Waals surface area contributed by atoms with Crippen molar-refractivity contribution in [2.24, 2.45) is 5.92 Å². The van der Waals surface area contributed by atoms with Gasteiger partial charge in [0.15, 0.2) is 11.6 Å². The number of benzene rings is 1. The van der Waals surface area contributed by atoms with Crippen LogP contribution in [0.5, 0.6) is 5.75 Å². The van der Waals surface area contributed by atoms with E-state index in [-0.39, 0.29) is 30.6 Å². The van der Waals surface area contributed by atoms with Crippen LogP contribution in [0.4, 0.5) is 17.6 Å². The van der Waals surface area contributed by atoms with E-state index in [4.69, 9.17) is 4.74 Å². The average Bonchev–Trinajstić information content (AvgIpc) is 2.32. The third-order valence-electron chi connectivity index (χ3n) is 3.80. The summed E-state index contributed by atoms with van der Waals surface area (Å²) in [6, 6.07) is 2.01. The first-order valence-corrected chi connectivity index (χ1v) is 6.25. The van der Waals surface area contributed by atoms with E-state index in [0.29, 0.717) is 0 Å². The number of halogens is 4. The molecule has 1 aromatic rings. The highest BCUT2D eigenvalue weighted by molar-refractivity contribution is 5.39. The second-order valence-electron chi connectivity index (χ2n) is 5.16. The van der Waals surface area contributed by atoms with Gasteiger partial charge in [-0.15, -0.1) is 0 Å². The number of methoxy groups -OCH3 is 1. The standard InChI is InChI=1S/C14H16F4O/c1-8-7-14(17,18)6-5-9(8)12-10(15)3-4-11(16)13(12)19-2/h3-4,8-9H,5-7H2,1-2H3/t8?,9-/m1/s1. The van der Waals surface area contributed by atoms with Gasteiger partial charge < -0.3 is 4.74 Å². The third kappa shape index (κ3) is 2.69. The van der Waals surface area contributed by atoms with Gasteiger partial charge in [0.1, 0.15) is 5.82 Å². The lowest BCUT2D eigenvalue weighted by atomic mass is 9.74. The monoisotopic (exact) mass is 276 g/mol. The molecule has 2 rings (SSSR count). The molecule has 1 nitrogen and oxygen atoms in total. The molecule has 0 aliphatic heterocycles. The molecule has 19 heavy (non-hydrogen) atoms. The fourth-order valence-electron chi connectivity index (χ4n) is 2.90. The van der Waals surface area contributed by atoms with Gasteiger partial charge in [0.05, 0.1) is 7.11 Å². The highest BCUT2D eigenvalue weighted by Crippen LogP contribution is 2.47. The van der Waals surface area contributed by atoms with E-state index < -0.39 is 29.4 Å². The zero-order valence-corrected chi connectivity index (χ0v) is 10.9. The highest BCUT2D eigenvalue weighted by atomic mass is 19.3. The van der Waals surface area contributed by atoms with Crippen molar-refractivity contribution in [3.05, 3.63) is 29.3 Å². The van der Waals surface area contributed by atoms with Crippen molar-refractivity contribution < 1.29 is 22.3 Å². The summed E-state index contributed by atoms with van der Waals surface area (Å²) in [4.78, 5) is 0. The molecule has 2 atom stereocenters. The van der Waals surface area contributed by atoms with E-state index in [0.717, 1.165) is 12.1 Å². The van der Waals surface area contributed by atoms with Crippen molar-refractivity contribution >= 4 is 0 Å². The van der Waals surface area contributed by atoms with Gasteiger partial charge in [-0.25, -0.2) is 17.6 Å². The fraction of sp³-hybridized carbons (Fsp3) is 0.571. The number of hydrogen-bond donors (Lipinski definition) is 0. The van der Waals surface area contributed by atoms with Gasteiger partial charge in [-0.2, -0.15) is 0 Å². The molecule has 1 unspecified atom stereocenters. The van der Waals surface area contributed by atoms with Gasteiger partial charge in [0, 0.05) is 18.4 Å². The number of hydrogen-bond acceptors (Lipinski definition) is 1. The first kappa shape index (κ1) is 14.2. The van der Waals surface area contributed by atoms with E-state index >= 15 is 0 Å². The summed E-state index contributed by atoms with van der Waals surface area (Å²) in [7, 11) is 1.25. The second kappa shape index (κ2) is 5.02.